The Kier molecular flexibility index (Phi) is 6.14. The number of hydrogen-bond acceptors (Lipinski definition) is 5. The fourth-order valence-electron chi connectivity index (χ4n) is 1.98. The van der Waals surface area contributed by atoms with Gasteiger partial charge < -0.3 is 10.2 Å². The van der Waals surface area contributed by atoms with Crippen LogP contribution in [0.3, 0.4) is 0 Å². The smallest absolute Gasteiger partial charge is 0.185 e. The molecular weight excluding hydrogens is 280 g/mol. The van der Waals surface area contributed by atoms with E-state index >= 15 is 0 Å². The summed E-state index contributed by atoms with van der Waals surface area (Å²) in [7, 11) is 2.10. The summed E-state index contributed by atoms with van der Waals surface area (Å²) in [6.07, 6.45) is 6.68. The van der Waals surface area contributed by atoms with Crippen molar-refractivity contribution in [1.82, 2.24) is 15.3 Å². The van der Waals surface area contributed by atoms with E-state index in [9.17, 15) is 0 Å². The van der Waals surface area contributed by atoms with Gasteiger partial charge in [0.15, 0.2) is 5.13 Å². The average molecular weight is 304 g/mol. The zero-order valence-corrected chi connectivity index (χ0v) is 13.9. The molecule has 114 valence electrons. The number of anilines is 1. The van der Waals surface area contributed by atoms with E-state index < -0.39 is 0 Å². The summed E-state index contributed by atoms with van der Waals surface area (Å²) in [6, 6.07) is 4.13. The summed E-state index contributed by atoms with van der Waals surface area (Å²) in [5, 5.41) is 4.54. The topological polar surface area (TPSA) is 41.1 Å². The predicted octanol–water partition coefficient (Wildman–Crippen LogP) is 2.96. The Labute approximate surface area is 131 Å². The van der Waals surface area contributed by atoms with Gasteiger partial charge in [0, 0.05) is 43.6 Å². The quantitative estimate of drug-likeness (QED) is 0.814. The summed E-state index contributed by atoms with van der Waals surface area (Å²) in [5.41, 5.74) is 1.31. The highest BCUT2D eigenvalue weighted by Crippen LogP contribution is 2.21. The van der Waals surface area contributed by atoms with Crippen LogP contribution in [0, 0.1) is 5.92 Å². The number of rotatable bonds is 8. The Balaban J connectivity index is 1.80. The Bertz CT molecular complexity index is 524. The van der Waals surface area contributed by atoms with Crippen LogP contribution in [-0.2, 0) is 13.0 Å². The Morgan fingerprint density at radius 2 is 2.05 bits per heavy atom. The minimum Gasteiger partial charge on any atom is -0.351 e. The molecule has 0 unspecified atom stereocenters. The van der Waals surface area contributed by atoms with Gasteiger partial charge in [0.25, 0.3) is 0 Å². The van der Waals surface area contributed by atoms with Crippen molar-refractivity contribution in [2.24, 2.45) is 5.92 Å². The van der Waals surface area contributed by atoms with Crippen molar-refractivity contribution < 1.29 is 0 Å². The van der Waals surface area contributed by atoms with E-state index in [2.05, 4.69) is 53.2 Å². The molecule has 0 atom stereocenters. The van der Waals surface area contributed by atoms with Crippen LogP contribution in [0.25, 0.3) is 0 Å². The lowest BCUT2D eigenvalue weighted by Gasteiger charge is -2.15. The minimum absolute atomic E-state index is 0.681. The molecule has 2 rings (SSSR count). The predicted molar refractivity (Wildman–Crippen MR) is 89.9 cm³/mol. The van der Waals surface area contributed by atoms with E-state index in [0.717, 1.165) is 31.2 Å². The van der Waals surface area contributed by atoms with Gasteiger partial charge in [-0.1, -0.05) is 13.8 Å². The molecule has 0 amide bonds. The maximum Gasteiger partial charge on any atom is 0.185 e. The second kappa shape index (κ2) is 8.10. The van der Waals surface area contributed by atoms with Gasteiger partial charge in [0.2, 0.25) is 0 Å². The molecule has 0 saturated heterocycles. The van der Waals surface area contributed by atoms with Crippen molar-refractivity contribution in [1.29, 1.82) is 0 Å². The number of thiazole rings is 1. The second-order valence-electron chi connectivity index (χ2n) is 5.66. The molecule has 0 aromatic carbocycles. The molecule has 0 saturated carbocycles. The van der Waals surface area contributed by atoms with Crippen LogP contribution >= 0.6 is 11.3 Å². The minimum atomic E-state index is 0.681. The van der Waals surface area contributed by atoms with Crippen LogP contribution in [0.4, 0.5) is 5.13 Å². The molecule has 21 heavy (non-hydrogen) atoms. The number of nitrogens with zero attached hydrogens (tertiary/aromatic N) is 3. The first-order valence-corrected chi connectivity index (χ1v) is 8.22. The van der Waals surface area contributed by atoms with Crippen molar-refractivity contribution in [2.75, 3.05) is 25.0 Å². The first-order valence-electron chi connectivity index (χ1n) is 7.40. The summed E-state index contributed by atoms with van der Waals surface area (Å²) in [6.45, 7) is 7.37. The van der Waals surface area contributed by atoms with Gasteiger partial charge in [0.05, 0.1) is 0 Å². The van der Waals surface area contributed by atoms with Gasteiger partial charge in [-0.05, 0) is 36.6 Å². The maximum absolute atomic E-state index is 4.52. The van der Waals surface area contributed by atoms with Crippen LogP contribution in [-0.4, -0.2) is 30.1 Å². The maximum atomic E-state index is 4.52. The van der Waals surface area contributed by atoms with Gasteiger partial charge >= 0.3 is 0 Å². The first-order chi connectivity index (χ1) is 10.1. The monoisotopic (exact) mass is 304 g/mol. The van der Waals surface area contributed by atoms with Crippen LogP contribution < -0.4 is 10.2 Å². The molecule has 2 aromatic rings. The van der Waals surface area contributed by atoms with Crippen molar-refractivity contribution >= 4 is 16.5 Å². The number of aromatic nitrogens is 2. The largest absolute Gasteiger partial charge is 0.351 e. The molecule has 2 heterocycles. The van der Waals surface area contributed by atoms with Crippen LogP contribution in [0.15, 0.2) is 30.7 Å². The van der Waals surface area contributed by atoms with Crippen molar-refractivity contribution in [3.05, 3.63) is 41.2 Å². The SMILES string of the molecule is CC(C)CNCc1cnc(N(C)CCc2ccncc2)s1. The van der Waals surface area contributed by atoms with E-state index in [1.165, 1.54) is 10.4 Å². The van der Waals surface area contributed by atoms with Gasteiger partial charge in [-0.3, -0.25) is 4.98 Å². The Morgan fingerprint density at radius 3 is 2.76 bits per heavy atom. The highest BCUT2D eigenvalue weighted by atomic mass is 32.1. The lowest BCUT2D eigenvalue weighted by atomic mass is 10.2. The highest BCUT2D eigenvalue weighted by molar-refractivity contribution is 7.15. The lowest BCUT2D eigenvalue weighted by molar-refractivity contribution is 0.554. The molecule has 5 heteroatoms. The van der Waals surface area contributed by atoms with Gasteiger partial charge in [-0.15, -0.1) is 11.3 Å². The molecular formula is C16H24N4S. The molecule has 0 radical (unpaired) electrons. The third kappa shape index (κ3) is 5.44. The lowest BCUT2D eigenvalue weighted by Crippen LogP contribution is -2.20. The second-order valence-corrected chi connectivity index (χ2v) is 6.75. The molecule has 2 aromatic heterocycles. The van der Waals surface area contributed by atoms with E-state index in [1.54, 1.807) is 11.3 Å². The molecule has 0 fully saturated rings. The Morgan fingerprint density at radius 1 is 1.29 bits per heavy atom. The summed E-state index contributed by atoms with van der Waals surface area (Å²) >= 11 is 1.77. The molecule has 0 aliphatic heterocycles. The van der Waals surface area contributed by atoms with Crippen LogP contribution in [0.2, 0.25) is 0 Å². The van der Waals surface area contributed by atoms with E-state index in [1.807, 2.05) is 18.6 Å². The third-order valence-electron chi connectivity index (χ3n) is 3.20. The number of pyridine rings is 1. The van der Waals surface area contributed by atoms with E-state index in [4.69, 9.17) is 0 Å². The van der Waals surface area contributed by atoms with Crippen molar-refractivity contribution in [3.8, 4) is 0 Å². The molecule has 1 N–H and O–H groups in total. The average Bonchev–Trinajstić information content (AvgIpc) is 2.94. The molecule has 0 aliphatic rings. The van der Waals surface area contributed by atoms with Crippen LogP contribution in [0.1, 0.15) is 24.3 Å². The standard InChI is InChI=1S/C16H24N4S/c1-13(2)10-18-11-15-12-19-16(21-15)20(3)9-6-14-4-7-17-8-5-14/h4-5,7-8,12-13,18H,6,9-11H2,1-3H3. The van der Waals surface area contributed by atoms with Crippen molar-refractivity contribution in [3.63, 3.8) is 0 Å². The Hall–Kier alpha value is -1.46. The van der Waals surface area contributed by atoms with Gasteiger partial charge in [-0.2, -0.15) is 0 Å². The molecule has 0 spiro atoms. The molecule has 4 nitrogen and oxygen atoms in total. The van der Waals surface area contributed by atoms with E-state index in [0.29, 0.717) is 5.92 Å². The van der Waals surface area contributed by atoms with Gasteiger partial charge in [-0.25, -0.2) is 4.98 Å². The van der Waals surface area contributed by atoms with Crippen LogP contribution in [0.5, 0.6) is 0 Å². The summed E-state index contributed by atoms with van der Waals surface area (Å²) < 4.78 is 0. The highest BCUT2D eigenvalue weighted by Gasteiger charge is 2.07. The van der Waals surface area contributed by atoms with Crippen molar-refractivity contribution in [2.45, 2.75) is 26.8 Å². The summed E-state index contributed by atoms with van der Waals surface area (Å²) in [5.74, 6) is 0.681. The third-order valence-corrected chi connectivity index (χ3v) is 4.32. The van der Waals surface area contributed by atoms with E-state index in [-0.39, 0.29) is 0 Å². The number of hydrogen-bond donors (Lipinski definition) is 1. The zero-order valence-electron chi connectivity index (χ0n) is 13.0. The summed E-state index contributed by atoms with van der Waals surface area (Å²) in [4.78, 5) is 12.1. The number of nitrogens with one attached hydrogen (secondary N) is 1. The molecule has 0 aliphatic carbocycles. The van der Waals surface area contributed by atoms with Gasteiger partial charge in [0.1, 0.15) is 0 Å². The molecule has 0 bridgehead atoms. The number of likely N-dealkylation sites (N-methyl/N-ethyl adjacent to an activating group) is 1. The first kappa shape index (κ1) is 15.9. The fraction of sp³-hybridized carbons (Fsp3) is 0.500. The zero-order chi connectivity index (χ0) is 15.1. The fourth-order valence-corrected chi connectivity index (χ4v) is 2.85. The normalized spacial score (nSPS) is 11.0.